The summed E-state index contributed by atoms with van der Waals surface area (Å²) in [6.45, 7) is 5.91. The van der Waals surface area contributed by atoms with Gasteiger partial charge in [0.2, 0.25) is 0 Å². The van der Waals surface area contributed by atoms with Crippen molar-refractivity contribution >= 4 is 11.8 Å². The van der Waals surface area contributed by atoms with Crippen LogP contribution in [0.4, 0.5) is 5.82 Å². The van der Waals surface area contributed by atoms with Crippen LogP contribution in [0.15, 0.2) is 23.3 Å². The van der Waals surface area contributed by atoms with Gasteiger partial charge in [-0.15, -0.1) is 0 Å². The largest absolute Gasteiger partial charge is 0.378 e. The highest BCUT2D eigenvalue weighted by atomic mass is 16.5. The molecule has 21 heavy (non-hydrogen) atoms. The standard InChI is InChI=1S/C15H23N5O/c16-15(20-7-9-21-10-8-20)18-12-13-3-4-14(17-11-13)19-5-1-2-6-19/h3-4,11H,1-2,5-10,12H2,(H2,16,18). The van der Waals surface area contributed by atoms with Crippen LogP contribution in [0.1, 0.15) is 18.4 Å². The Morgan fingerprint density at radius 3 is 2.62 bits per heavy atom. The first-order chi connectivity index (χ1) is 10.3. The van der Waals surface area contributed by atoms with Gasteiger partial charge in [0.1, 0.15) is 5.82 Å². The van der Waals surface area contributed by atoms with Crippen LogP contribution in [0.2, 0.25) is 0 Å². The summed E-state index contributed by atoms with van der Waals surface area (Å²) < 4.78 is 5.31. The first-order valence-corrected chi connectivity index (χ1v) is 7.65. The van der Waals surface area contributed by atoms with Crippen LogP contribution in [0, 0.1) is 0 Å². The number of rotatable bonds is 3. The van der Waals surface area contributed by atoms with E-state index in [1.54, 1.807) is 0 Å². The third-order valence-corrected chi connectivity index (χ3v) is 4.00. The van der Waals surface area contributed by atoms with E-state index in [1.807, 2.05) is 6.20 Å². The average Bonchev–Trinajstić information content (AvgIpc) is 3.08. The Morgan fingerprint density at radius 2 is 1.95 bits per heavy atom. The number of nitrogens with zero attached hydrogens (tertiary/aromatic N) is 4. The molecule has 0 spiro atoms. The fraction of sp³-hybridized carbons (Fsp3) is 0.600. The minimum Gasteiger partial charge on any atom is -0.378 e. The minimum absolute atomic E-state index is 0.580. The van der Waals surface area contributed by atoms with Gasteiger partial charge in [0.25, 0.3) is 0 Å². The van der Waals surface area contributed by atoms with Gasteiger partial charge in [0, 0.05) is 32.4 Å². The van der Waals surface area contributed by atoms with Gasteiger partial charge in [0.15, 0.2) is 5.96 Å². The molecule has 114 valence electrons. The minimum atomic E-state index is 0.580. The van der Waals surface area contributed by atoms with E-state index in [4.69, 9.17) is 10.5 Å². The van der Waals surface area contributed by atoms with E-state index in [1.165, 1.54) is 12.8 Å². The van der Waals surface area contributed by atoms with Gasteiger partial charge in [-0.05, 0) is 24.5 Å². The van der Waals surface area contributed by atoms with E-state index in [2.05, 4.69) is 31.9 Å². The number of aliphatic imine (C=N–C) groups is 1. The Balaban J connectivity index is 1.57. The van der Waals surface area contributed by atoms with Crippen LogP contribution in [-0.2, 0) is 11.3 Å². The Kier molecular flexibility index (Phi) is 4.55. The third kappa shape index (κ3) is 3.64. The summed E-state index contributed by atoms with van der Waals surface area (Å²) >= 11 is 0. The van der Waals surface area contributed by atoms with Crippen molar-refractivity contribution in [3.05, 3.63) is 23.9 Å². The predicted molar refractivity (Wildman–Crippen MR) is 83.4 cm³/mol. The molecule has 0 aliphatic carbocycles. The molecule has 0 aromatic carbocycles. The van der Waals surface area contributed by atoms with Crippen molar-refractivity contribution in [2.75, 3.05) is 44.3 Å². The Labute approximate surface area is 125 Å². The molecule has 6 heteroatoms. The van der Waals surface area contributed by atoms with E-state index in [9.17, 15) is 0 Å². The lowest BCUT2D eigenvalue weighted by Crippen LogP contribution is -2.44. The zero-order chi connectivity index (χ0) is 14.5. The molecule has 2 aliphatic rings. The molecule has 0 saturated carbocycles. The van der Waals surface area contributed by atoms with Crippen molar-refractivity contribution in [1.82, 2.24) is 9.88 Å². The number of hydrogen-bond donors (Lipinski definition) is 1. The molecule has 3 heterocycles. The highest BCUT2D eigenvalue weighted by Gasteiger charge is 2.13. The third-order valence-electron chi connectivity index (χ3n) is 4.00. The predicted octanol–water partition coefficient (Wildman–Crippen LogP) is 0.829. The molecule has 0 atom stereocenters. The van der Waals surface area contributed by atoms with Crippen molar-refractivity contribution in [1.29, 1.82) is 0 Å². The smallest absolute Gasteiger partial charge is 0.191 e. The molecule has 2 aliphatic heterocycles. The maximum absolute atomic E-state index is 6.02. The second-order valence-corrected chi connectivity index (χ2v) is 5.49. The Bertz CT molecular complexity index is 475. The fourth-order valence-corrected chi connectivity index (χ4v) is 2.71. The lowest BCUT2D eigenvalue weighted by Gasteiger charge is -2.27. The number of anilines is 1. The van der Waals surface area contributed by atoms with Crippen molar-refractivity contribution < 1.29 is 4.74 Å². The molecule has 1 aromatic heterocycles. The summed E-state index contributed by atoms with van der Waals surface area (Å²) in [6.07, 6.45) is 4.44. The molecule has 1 aromatic rings. The van der Waals surface area contributed by atoms with Gasteiger partial charge in [-0.2, -0.15) is 0 Å². The maximum atomic E-state index is 6.02. The number of pyridine rings is 1. The summed E-state index contributed by atoms with van der Waals surface area (Å²) in [6, 6.07) is 4.18. The van der Waals surface area contributed by atoms with Gasteiger partial charge in [-0.3, -0.25) is 0 Å². The maximum Gasteiger partial charge on any atom is 0.191 e. The molecule has 2 saturated heterocycles. The second kappa shape index (κ2) is 6.76. The molecule has 0 radical (unpaired) electrons. The van der Waals surface area contributed by atoms with Crippen molar-refractivity contribution in [3.63, 3.8) is 0 Å². The molecule has 6 nitrogen and oxygen atoms in total. The van der Waals surface area contributed by atoms with E-state index in [0.29, 0.717) is 12.5 Å². The molecule has 2 fully saturated rings. The highest BCUT2D eigenvalue weighted by Crippen LogP contribution is 2.17. The van der Waals surface area contributed by atoms with Crippen molar-refractivity contribution in [3.8, 4) is 0 Å². The fourth-order valence-electron chi connectivity index (χ4n) is 2.71. The molecule has 0 unspecified atom stereocenters. The van der Waals surface area contributed by atoms with Gasteiger partial charge in [0.05, 0.1) is 19.8 Å². The van der Waals surface area contributed by atoms with E-state index in [-0.39, 0.29) is 0 Å². The van der Waals surface area contributed by atoms with Crippen LogP contribution < -0.4 is 10.6 Å². The second-order valence-electron chi connectivity index (χ2n) is 5.49. The van der Waals surface area contributed by atoms with Gasteiger partial charge in [-0.1, -0.05) is 6.07 Å². The summed E-state index contributed by atoms with van der Waals surface area (Å²) in [5, 5.41) is 0. The lowest BCUT2D eigenvalue weighted by molar-refractivity contribution is 0.0674. The van der Waals surface area contributed by atoms with Crippen molar-refractivity contribution in [2.45, 2.75) is 19.4 Å². The van der Waals surface area contributed by atoms with Crippen molar-refractivity contribution in [2.24, 2.45) is 10.7 Å². The van der Waals surface area contributed by atoms with Crippen LogP contribution in [-0.4, -0.2) is 55.2 Å². The monoisotopic (exact) mass is 289 g/mol. The number of hydrogen-bond acceptors (Lipinski definition) is 4. The van der Waals surface area contributed by atoms with Gasteiger partial charge >= 0.3 is 0 Å². The normalized spacial score (nSPS) is 20.1. The van der Waals surface area contributed by atoms with Crippen LogP contribution in [0.3, 0.4) is 0 Å². The Morgan fingerprint density at radius 1 is 1.19 bits per heavy atom. The number of ether oxygens (including phenoxy) is 1. The summed E-state index contributed by atoms with van der Waals surface area (Å²) in [4.78, 5) is 13.4. The van der Waals surface area contributed by atoms with Crippen LogP contribution >= 0.6 is 0 Å². The van der Waals surface area contributed by atoms with Crippen LogP contribution in [0.25, 0.3) is 0 Å². The Hall–Kier alpha value is -1.82. The molecule has 0 bridgehead atoms. The molecule has 3 rings (SSSR count). The topological polar surface area (TPSA) is 67.0 Å². The zero-order valence-corrected chi connectivity index (χ0v) is 12.4. The quantitative estimate of drug-likeness (QED) is 0.659. The number of aromatic nitrogens is 1. The molecular formula is C15H23N5O. The number of morpholine rings is 1. The first kappa shape index (κ1) is 14.1. The summed E-state index contributed by atoms with van der Waals surface area (Å²) in [5.41, 5.74) is 7.11. The van der Waals surface area contributed by atoms with Gasteiger partial charge < -0.3 is 20.3 Å². The zero-order valence-electron chi connectivity index (χ0n) is 12.4. The number of nitrogens with two attached hydrogens (primary N) is 1. The first-order valence-electron chi connectivity index (χ1n) is 7.65. The lowest BCUT2D eigenvalue weighted by atomic mass is 10.3. The summed E-state index contributed by atoms with van der Waals surface area (Å²) in [7, 11) is 0. The average molecular weight is 289 g/mol. The molecule has 2 N–H and O–H groups in total. The van der Waals surface area contributed by atoms with Gasteiger partial charge in [-0.25, -0.2) is 9.98 Å². The van der Waals surface area contributed by atoms with E-state index in [0.717, 1.165) is 50.8 Å². The number of guanidine groups is 1. The molecule has 0 amide bonds. The van der Waals surface area contributed by atoms with Crippen LogP contribution in [0.5, 0.6) is 0 Å². The summed E-state index contributed by atoms with van der Waals surface area (Å²) in [5.74, 6) is 1.67. The SMILES string of the molecule is NC(=NCc1ccc(N2CCCC2)nc1)N1CCOCC1. The van der Waals surface area contributed by atoms with E-state index < -0.39 is 0 Å². The molecular weight excluding hydrogens is 266 g/mol. The highest BCUT2D eigenvalue weighted by molar-refractivity contribution is 5.78. The van der Waals surface area contributed by atoms with E-state index >= 15 is 0 Å².